The summed E-state index contributed by atoms with van der Waals surface area (Å²) in [5.41, 5.74) is 4.05. The van der Waals surface area contributed by atoms with Crippen molar-refractivity contribution in [2.24, 2.45) is 0 Å². The lowest BCUT2D eigenvalue weighted by atomic mass is 9.87. The van der Waals surface area contributed by atoms with Crippen LogP contribution in [0.25, 0.3) is 0 Å². The van der Waals surface area contributed by atoms with Gasteiger partial charge in [-0.15, -0.1) is 0 Å². The van der Waals surface area contributed by atoms with Crippen LogP contribution in [0.2, 0.25) is 0 Å². The standard InChI is InChI=1S/C12H14O/c1-2-9-4-3-5-10-6-7-11(13)8-12(9)10/h3-5H,2,6-8H2,1H3. The molecule has 0 radical (unpaired) electrons. The third kappa shape index (κ3) is 1.51. The molecule has 0 bridgehead atoms. The Morgan fingerprint density at radius 2 is 2.15 bits per heavy atom. The first-order chi connectivity index (χ1) is 6.31. The maximum Gasteiger partial charge on any atom is 0.137 e. The molecule has 0 N–H and O–H groups in total. The maximum absolute atomic E-state index is 11.3. The van der Waals surface area contributed by atoms with Gasteiger partial charge in [-0.25, -0.2) is 0 Å². The molecule has 0 spiro atoms. The summed E-state index contributed by atoms with van der Waals surface area (Å²) in [5.74, 6) is 0.397. The molecule has 0 saturated carbocycles. The number of aryl methyl sites for hydroxylation is 2. The molecule has 1 heteroatoms. The monoisotopic (exact) mass is 174 g/mol. The quantitative estimate of drug-likeness (QED) is 0.638. The molecule has 13 heavy (non-hydrogen) atoms. The van der Waals surface area contributed by atoms with Crippen LogP contribution >= 0.6 is 0 Å². The summed E-state index contributed by atoms with van der Waals surface area (Å²) in [4.78, 5) is 11.3. The van der Waals surface area contributed by atoms with E-state index in [0.717, 1.165) is 19.3 Å². The Labute approximate surface area is 78.8 Å². The average Bonchev–Trinajstić information content (AvgIpc) is 2.17. The van der Waals surface area contributed by atoms with E-state index in [1.165, 1.54) is 16.7 Å². The lowest BCUT2D eigenvalue weighted by Gasteiger charge is -2.17. The SMILES string of the molecule is CCc1cccc2c1CC(=O)CC2. The van der Waals surface area contributed by atoms with E-state index in [1.807, 2.05) is 0 Å². The van der Waals surface area contributed by atoms with Gasteiger partial charge >= 0.3 is 0 Å². The summed E-state index contributed by atoms with van der Waals surface area (Å²) >= 11 is 0. The van der Waals surface area contributed by atoms with Gasteiger partial charge in [-0.05, 0) is 29.5 Å². The van der Waals surface area contributed by atoms with Crippen molar-refractivity contribution in [2.45, 2.75) is 32.6 Å². The highest BCUT2D eigenvalue weighted by Crippen LogP contribution is 2.22. The largest absolute Gasteiger partial charge is 0.299 e. The third-order valence-electron chi connectivity index (χ3n) is 2.80. The number of benzene rings is 1. The van der Waals surface area contributed by atoms with E-state index in [1.54, 1.807) is 0 Å². The molecule has 0 aliphatic heterocycles. The molecule has 1 aromatic rings. The highest BCUT2D eigenvalue weighted by molar-refractivity contribution is 5.83. The van der Waals surface area contributed by atoms with E-state index in [-0.39, 0.29) is 0 Å². The van der Waals surface area contributed by atoms with Crippen molar-refractivity contribution in [1.82, 2.24) is 0 Å². The number of Topliss-reactive ketones (excluding diaryl/α,β-unsaturated/α-hetero) is 1. The fourth-order valence-corrected chi connectivity index (χ4v) is 2.04. The predicted octanol–water partition coefficient (Wildman–Crippen LogP) is 2.31. The Bertz CT molecular complexity index is 325. The summed E-state index contributed by atoms with van der Waals surface area (Å²) < 4.78 is 0. The normalized spacial score (nSPS) is 15.6. The van der Waals surface area contributed by atoms with Crippen molar-refractivity contribution in [3.63, 3.8) is 0 Å². The number of hydrogen-bond donors (Lipinski definition) is 0. The maximum atomic E-state index is 11.3. The summed E-state index contributed by atoms with van der Waals surface area (Å²) in [6.45, 7) is 2.15. The van der Waals surface area contributed by atoms with Crippen LogP contribution in [0, 0.1) is 0 Å². The zero-order chi connectivity index (χ0) is 9.26. The molecule has 0 fully saturated rings. The summed E-state index contributed by atoms with van der Waals surface area (Å²) in [5, 5.41) is 0. The molecular formula is C12H14O. The van der Waals surface area contributed by atoms with Crippen LogP contribution in [0.1, 0.15) is 30.0 Å². The van der Waals surface area contributed by atoms with Gasteiger partial charge in [0.25, 0.3) is 0 Å². The molecule has 0 amide bonds. The second kappa shape index (κ2) is 3.33. The molecule has 1 aliphatic carbocycles. The van der Waals surface area contributed by atoms with E-state index in [2.05, 4.69) is 25.1 Å². The minimum atomic E-state index is 0.397. The van der Waals surface area contributed by atoms with E-state index in [4.69, 9.17) is 0 Å². The van der Waals surface area contributed by atoms with Gasteiger partial charge in [0.05, 0.1) is 0 Å². The number of carbonyl (C=O) groups is 1. The van der Waals surface area contributed by atoms with Crippen molar-refractivity contribution in [3.8, 4) is 0 Å². The van der Waals surface area contributed by atoms with Gasteiger partial charge in [-0.3, -0.25) is 4.79 Å². The van der Waals surface area contributed by atoms with Crippen LogP contribution < -0.4 is 0 Å². The van der Waals surface area contributed by atoms with Crippen LogP contribution in [0.4, 0.5) is 0 Å². The molecular weight excluding hydrogens is 160 g/mol. The number of rotatable bonds is 1. The first kappa shape index (κ1) is 8.49. The fraction of sp³-hybridized carbons (Fsp3) is 0.417. The summed E-state index contributed by atoms with van der Waals surface area (Å²) in [6, 6.07) is 6.39. The molecule has 1 aromatic carbocycles. The molecule has 1 aliphatic rings. The second-order valence-electron chi connectivity index (χ2n) is 3.62. The second-order valence-corrected chi connectivity index (χ2v) is 3.62. The van der Waals surface area contributed by atoms with Crippen LogP contribution in [0.3, 0.4) is 0 Å². The predicted molar refractivity (Wildman–Crippen MR) is 52.9 cm³/mol. The first-order valence-corrected chi connectivity index (χ1v) is 4.92. The average molecular weight is 174 g/mol. The summed E-state index contributed by atoms with van der Waals surface area (Å²) in [6.07, 6.45) is 3.39. The third-order valence-corrected chi connectivity index (χ3v) is 2.80. The van der Waals surface area contributed by atoms with Crippen LogP contribution in [-0.2, 0) is 24.1 Å². The van der Waals surface area contributed by atoms with Crippen LogP contribution in [-0.4, -0.2) is 5.78 Å². The number of fused-ring (bicyclic) bond motifs is 1. The lowest BCUT2D eigenvalue weighted by Crippen LogP contribution is -2.14. The molecule has 1 nitrogen and oxygen atoms in total. The van der Waals surface area contributed by atoms with E-state index in [9.17, 15) is 4.79 Å². The van der Waals surface area contributed by atoms with Gasteiger partial charge in [0.2, 0.25) is 0 Å². The van der Waals surface area contributed by atoms with Crippen molar-refractivity contribution >= 4 is 5.78 Å². The zero-order valence-corrected chi connectivity index (χ0v) is 7.97. The van der Waals surface area contributed by atoms with Gasteiger partial charge in [0.1, 0.15) is 5.78 Å². The van der Waals surface area contributed by atoms with Crippen molar-refractivity contribution < 1.29 is 4.79 Å². The van der Waals surface area contributed by atoms with Crippen molar-refractivity contribution in [1.29, 1.82) is 0 Å². The molecule has 0 atom stereocenters. The van der Waals surface area contributed by atoms with E-state index >= 15 is 0 Å². The van der Waals surface area contributed by atoms with E-state index in [0.29, 0.717) is 12.2 Å². The topological polar surface area (TPSA) is 17.1 Å². The fourth-order valence-electron chi connectivity index (χ4n) is 2.04. The minimum Gasteiger partial charge on any atom is -0.299 e. The Hall–Kier alpha value is -1.11. The Kier molecular flexibility index (Phi) is 2.17. The number of ketones is 1. The van der Waals surface area contributed by atoms with Crippen molar-refractivity contribution in [2.75, 3.05) is 0 Å². The van der Waals surface area contributed by atoms with Gasteiger partial charge in [-0.1, -0.05) is 25.1 Å². The van der Waals surface area contributed by atoms with Crippen LogP contribution in [0.5, 0.6) is 0 Å². The van der Waals surface area contributed by atoms with Gasteiger partial charge in [0, 0.05) is 12.8 Å². The number of carbonyl (C=O) groups excluding carboxylic acids is 1. The Morgan fingerprint density at radius 3 is 2.92 bits per heavy atom. The smallest absolute Gasteiger partial charge is 0.137 e. The number of hydrogen-bond acceptors (Lipinski definition) is 1. The van der Waals surface area contributed by atoms with Gasteiger partial charge in [-0.2, -0.15) is 0 Å². The highest BCUT2D eigenvalue weighted by Gasteiger charge is 2.16. The van der Waals surface area contributed by atoms with E-state index < -0.39 is 0 Å². The molecule has 68 valence electrons. The molecule has 0 unspecified atom stereocenters. The van der Waals surface area contributed by atoms with Gasteiger partial charge in [0.15, 0.2) is 0 Å². The van der Waals surface area contributed by atoms with Crippen molar-refractivity contribution in [3.05, 3.63) is 34.9 Å². The molecule has 2 rings (SSSR count). The lowest BCUT2D eigenvalue weighted by molar-refractivity contribution is -0.118. The minimum absolute atomic E-state index is 0.397. The Balaban J connectivity index is 2.46. The molecule has 0 heterocycles. The molecule has 0 saturated heterocycles. The zero-order valence-electron chi connectivity index (χ0n) is 7.97. The highest BCUT2D eigenvalue weighted by atomic mass is 16.1. The van der Waals surface area contributed by atoms with Gasteiger partial charge < -0.3 is 0 Å². The summed E-state index contributed by atoms with van der Waals surface area (Å²) in [7, 11) is 0. The Morgan fingerprint density at radius 1 is 1.31 bits per heavy atom. The first-order valence-electron chi connectivity index (χ1n) is 4.92. The van der Waals surface area contributed by atoms with Crippen LogP contribution in [0.15, 0.2) is 18.2 Å². The molecule has 0 aromatic heterocycles.